The molecule has 2 unspecified atom stereocenters. The van der Waals surface area contributed by atoms with Crippen LogP contribution in [0.5, 0.6) is 23.0 Å². The summed E-state index contributed by atoms with van der Waals surface area (Å²) in [6.07, 6.45) is 3.59. The molecule has 182 valence electrons. The Morgan fingerprint density at radius 1 is 1.11 bits per heavy atom. The number of amides is 2. The van der Waals surface area contributed by atoms with Crippen LogP contribution in [-0.4, -0.2) is 48.9 Å². The Hall–Kier alpha value is -4.21. The fourth-order valence-corrected chi connectivity index (χ4v) is 4.39. The van der Waals surface area contributed by atoms with Crippen molar-refractivity contribution in [1.82, 2.24) is 14.9 Å². The molecule has 1 aromatic heterocycles. The summed E-state index contributed by atoms with van der Waals surface area (Å²) in [6.45, 7) is 0.417. The molecule has 0 radical (unpaired) electrons. The van der Waals surface area contributed by atoms with Crippen molar-refractivity contribution >= 4 is 17.5 Å². The van der Waals surface area contributed by atoms with Gasteiger partial charge in [-0.25, -0.2) is 4.98 Å². The molecule has 2 aliphatic heterocycles. The number of benzene rings is 2. The van der Waals surface area contributed by atoms with Gasteiger partial charge in [0.2, 0.25) is 18.6 Å². The summed E-state index contributed by atoms with van der Waals surface area (Å²) in [6, 6.07) is 10.2. The highest BCUT2D eigenvalue weighted by Gasteiger charge is 2.37. The lowest BCUT2D eigenvalue weighted by atomic mass is 10.0. The molecule has 3 aromatic rings. The SMILES string of the molecule is COc1cc(OC)cc(C(NC(=O)C2CC(=O)N(c3ccc4c(c3)OCO4)C2)c2nccn2C)c1. The Labute approximate surface area is 202 Å². The molecule has 1 fully saturated rings. The lowest BCUT2D eigenvalue weighted by Crippen LogP contribution is -2.37. The van der Waals surface area contributed by atoms with Gasteiger partial charge in [0, 0.05) is 50.2 Å². The first-order valence-corrected chi connectivity index (χ1v) is 11.2. The number of imidazole rings is 1. The number of ether oxygens (including phenoxy) is 4. The zero-order chi connectivity index (χ0) is 24.5. The standard InChI is InChI=1S/C25H26N4O6/c1-28-7-6-26-24(28)23(15-8-18(32-2)12-19(9-15)33-3)27-25(31)16-10-22(30)29(13-16)17-4-5-20-21(11-17)35-14-34-20/h4-9,11-12,16,23H,10,13-14H2,1-3H3,(H,27,31). The zero-order valence-corrected chi connectivity index (χ0v) is 19.7. The Kier molecular flexibility index (Phi) is 5.94. The predicted molar refractivity (Wildman–Crippen MR) is 126 cm³/mol. The van der Waals surface area contributed by atoms with Gasteiger partial charge in [-0.3, -0.25) is 9.59 Å². The minimum atomic E-state index is -0.568. The molecular formula is C25H26N4O6. The first-order valence-electron chi connectivity index (χ1n) is 11.2. The largest absolute Gasteiger partial charge is 0.497 e. The maximum absolute atomic E-state index is 13.4. The minimum Gasteiger partial charge on any atom is -0.497 e. The van der Waals surface area contributed by atoms with Crippen LogP contribution in [-0.2, 0) is 16.6 Å². The molecule has 1 N–H and O–H groups in total. The average Bonchev–Trinajstić information content (AvgIpc) is 3.61. The summed E-state index contributed by atoms with van der Waals surface area (Å²) >= 11 is 0. The number of hydrogen-bond acceptors (Lipinski definition) is 7. The van der Waals surface area contributed by atoms with E-state index in [1.54, 1.807) is 49.6 Å². The van der Waals surface area contributed by atoms with Gasteiger partial charge in [-0.2, -0.15) is 0 Å². The first-order chi connectivity index (χ1) is 17.0. The number of aryl methyl sites for hydroxylation is 1. The highest BCUT2D eigenvalue weighted by atomic mass is 16.7. The number of carbonyl (C=O) groups excluding carboxylic acids is 2. The van der Waals surface area contributed by atoms with Crippen LogP contribution in [0.3, 0.4) is 0 Å². The quantitative estimate of drug-likeness (QED) is 0.556. The van der Waals surface area contributed by atoms with Crippen molar-refractivity contribution in [2.24, 2.45) is 13.0 Å². The first kappa shape index (κ1) is 22.6. The van der Waals surface area contributed by atoms with E-state index < -0.39 is 12.0 Å². The second kappa shape index (κ2) is 9.21. The van der Waals surface area contributed by atoms with E-state index in [0.29, 0.717) is 34.5 Å². The fourth-order valence-electron chi connectivity index (χ4n) is 4.39. The van der Waals surface area contributed by atoms with E-state index in [9.17, 15) is 9.59 Å². The molecule has 35 heavy (non-hydrogen) atoms. The van der Waals surface area contributed by atoms with E-state index in [0.717, 1.165) is 5.56 Å². The van der Waals surface area contributed by atoms with E-state index in [2.05, 4.69) is 10.3 Å². The van der Waals surface area contributed by atoms with E-state index >= 15 is 0 Å². The van der Waals surface area contributed by atoms with Crippen LogP contribution in [0.2, 0.25) is 0 Å². The van der Waals surface area contributed by atoms with Crippen LogP contribution >= 0.6 is 0 Å². The molecule has 3 heterocycles. The van der Waals surface area contributed by atoms with Crippen LogP contribution in [0.4, 0.5) is 5.69 Å². The molecular weight excluding hydrogens is 452 g/mol. The molecule has 0 bridgehead atoms. The van der Waals surface area contributed by atoms with Gasteiger partial charge in [0.15, 0.2) is 11.5 Å². The van der Waals surface area contributed by atoms with Crippen molar-refractivity contribution in [1.29, 1.82) is 0 Å². The highest BCUT2D eigenvalue weighted by Crippen LogP contribution is 2.37. The van der Waals surface area contributed by atoms with Crippen LogP contribution in [0.1, 0.15) is 23.9 Å². The summed E-state index contributed by atoms with van der Waals surface area (Å²) in [4.78, 5) is 32.3. The van der Waals surface area contributed by atoms with Gasteiger partial charge < -0.3 is 33.7 Å². The van der Waals surface area contributed by atoms with Crippen molar-refractivity contribution in [3.8, 4) is 23.0 Å². The number of methoxy groups -OCH3 is 2. The molecule has 0 spiro atoms. The van der Waals surface area contributed by atoms with Crippen LogP contribution in [0.15, 0.2) is 48.8 Å². The van der Waals surface area contributed by atoms with Crippen molar-refractivity contribution < 1.29 is 28.5 Å². The number of carbonyl (C=O) groups is 2. The maximum atomic E-state index is 13.4. The van der Waals surface area contributed by atoms with Crippen LogP contribution in [0, 0.1) is 5.92 Å². The highest BCUT2D eigenvalue weighted by molar-refractivity contribution is 6.00. The number of fused-ring (bicyclic) bond motifs is 1. The van der Waals surface area contributed by atoms with Gasteiger partial charge in [-0.15, -0.1) is 0 Å². The number of aromatic nitrogens is 2. The summed E-state index contributed by atoms with van der Waals surface area (Å²) in [7, 11) is 5.00. The third kappa shape index (κ3) is 4.34. The maximum Gasteiger partial charge on any atom is 0.231 e. The van der Waals surface area contributed by atoms with E-state index in [1.165, 1.54) is 0 Å². The van der Waals surface area contributed by atoms with Crippen LogP contribution < -0.4 is 29.2 Å². The van der Waals surface area contributed by atoms with Gasteiger partial charge >= 0.3 is 0 Å². The third-order valence-electron chi connectivity index (χ3n) is 6.27. The van der Waals surface area contributed by atoms with Crippen molar-refractivity contribution in [2.45, 2.75) is 12.5 Å². The smallest absolute Gasteiger partial charge is 0.231 e. The van der Waals surface area contributed by atoms with Gasteiger partial charge in [0.05, 0.1) is 20.1 Å². The van der Waals surface area contributed by atoms with E-state index in [-0.39, 0.29) is 31.6 Å². The molecule has 2 aromatic carbocycles. The molecule has 2 amide bonds. The number of rotatable bonds is 7. The Morgan fingerprint density at radius 3 is 2.54 bits per heavy atom. The second-order valence-electron chi connectivity index (χ2n) is 8.43. The average molecular weight is 479 g/mol. The third-order valence-corrected chi connectivity index (χ3v) is 6.27. The predicted octanol–water partition coefficient (Wildman–Crippen LogP) is 2.42. The normalized spacial score (nSPS) is 17.4. The van der Waals surface area contributed by atoms with Crippen molar-refractivity contribution in [3.63, 3.8) is 0 Å². The van der Waals surface area contributed by atoms with Crippen molar-refractivity contribution in [2.75, 3.05) is 32.5 Å². The summed E-state index contributed by atoms with van der Waals surface area (Å²) < 4.78 is 23.5. The van der Waals surface area contributed by atoms with Crippen LogP contribution in [0.25, 0.3) is 0 Å². The lowest BCUT2D eigenvalue weighted by molar-refractivity contribution is -0.126. The van der Waals surface area contributed by atoms with Gasteiger partial charge in [0.25, 0.3) is 0 Å². The summed E-state index contributed by atoms with van der Waals surface area (Å²) in [5.41, 5.74) is 1.42. The summed E-state index contributed by atoms with van der Waals surface area (Å²) in [5, 5.41) is 3.10. The van der Waals surface area contributed by atoms with Crippen molar-refractivity contribution in [3.05, 3.63) is 60.2 Å². The molecule has 2 aliphatic rings. The van der Waals surface area contributed by atoms with Gasteiger partial charge in [-0.05, 0) is 29.8 Å². The number of nitrogens with one attached hydrogen (secondary N) is 1. The molecule has 2 atom stereocenters. The monoisotopic (exact) mass is 478 g/mol. The molecule has 1 saturated heterocycles. The number of anilines is 1. The Morgan fingerprint density at radius 2 is 1.86 bits per heavy atom. The molecule has 0 saturated carbocycles. The molecule has 10 nitrogen and oxygen atoms in total. The zero-order valence-electron chi connectivity index (χ0n) is 19.7. The second-order valence-corrected chi connectivity index (χ2v) is 8.43. The van der Waals surface area contributed by atoms with Gasteiger partial charge in [-0.1, -0.05) is 0 Å². The lowest BCUT2D eigenvalue weighted by Gasteiger charge is -2.22. The Bertz CT molecular complexity index is 1250. The number of nitrogens with zero attached hydrogens (tertiary/aromatic N) is 3. The topological polar surface area (TPSA) is 104 Å². The Balaban J connectivity index is 1.39. The van der Waals surface area contributed by atoms with E-state index in [4.69, 9.17) is 18.9 Å². The van der Waals surface area contributed by atoms with Gasteiger partial charge in [0.1, 0.15) is 23.4 Å². The number of hydrogen-bond donors (Lipinski definition) is 1. The van der Waals surface area contributed by atoms with E-state index in [1.807, 2.05) is 29.9 Å². The minimum absolute atomic E-state index is 0.106. The fraction of sp³-hybridized carbons (Fsp3) is 0.320. The molecule has 10 heteroatoms. The summed E-state index contributed by atoms with van der Waals surface area (Å²) in [5.74, 6) is 2.17. The molecule has 5 rings (SSSR count). The molecule has 0 aliphatic carbocycles.